The molecule has 22 heavy (non-hydrogen) atoms. The fraction of sp³-hybridized carbons (Fsp3) is 0.615. The number of pyridine rings is 1. The van der Waals surface area contributed by atoms with Crippen molar-refractivity contribution >= 4 is 19.9 Å². The molecule has 9 heteroatoms. The summed E-state index contributed by atoms with van der Waals surface area (Å²) < 4.78 is 49.7. The Balaban J connectivity index is 2.37. The summed E-state index contributed by atoms with van der Waals surface area (Å²) in [5, 5.41) is -0.145. The number of nitrogens with two attached hydrogens (primary N) is 1. The Labute approximate surface area is 131 Å². The van der Waals surface area contributed by atoms with Gasteiger partial charge in [-0.05, 0) is 31.9 Å². The van der Waals surface area contributed by atoms with Crippen molar-refractivity contribution in [2.24, 2.45) is 5.73 Å². The van der Waals surface area contributed by atoms with E-state index in [1.165, 1.54) is 16.4 Å². The third kappa shape index (κ3) is 3.48. The molecule has 1 aromatic heterocycles. The number of sulfone groups is 1. The van der Waals surface area contributed by atoms with Gasteiger partial charge in [-0.1, -0.05) is 6.42 Å². The van der Waals surface area contributed by atoms with Crippen LogP contribution in [-0.4, -0.2) is 51.0 Å². The summed E-state index contributed by atoms with van der Waals surface area (Å²) in [6.07, 6.45) is 4.59. The van der Waals surface area contributed by atoms with Crippen LogP contribution in [0.1, 0.15) is 26.2 Å². The summed E-state index contributed by atoms with van der Waals surface area (Å²) >= 11 is 0. The first kappa shape index (κ1) is 17.3. The molecule has 1 saturated heterocycles. The summed E-state index contributed by atoms with van der Waals surface area (Å²) in [6.45, 7) is 2.21. The van der Waals surface area contributed by atoms with Gasteiger partial charge in [-0.15, -0.1) is 0 Å². The molecule has 1 fully saturated rings. The van der Waals surface area contributed by atoms with E-state index in [9.17, 15) is 16.8 Å². The minimum atomic E-state index is -3.72. The average molecular weight is 347 g/mol. The quantitative estimate of drug-likeness (QED) is 0.843. The van der Waals surface area contributed by atoms with Crippen molar-refractivity contribution in [3.63, 3.8) is 0 Å². The Kier molecular flexibility index (Phi) is 4.90. The maximum atomic E-state index is 12.7. The van der Waals surface area contributed by atoms with E-state index in [0.717, 1.165) is 31.7 Å². The molecule has 0 bridgehead atoms. The van der Waals surface area contributed by atoms with Crippen LogP contribution in [0.15, 0.2) is 28.3 Å². The highest BCUT2D eigenvalue weighted by molar-refractivity contribution is 7.90. The third-order valence-corrected chi connectivity index (χ3v) is 6.71. The molecular formula is C13H21N3O4S2. The maximum Gasteiger partial charge on any atom is 0.244 e. The SMILES string of the molecule is CC(N)C1CCCCN1S(=O)(=O)c1ccc(S(C)(=O)=O)nc1. The van der Waals surface area contributed by atoms with E-state index < -0.39 is 19.9 Å². The van der Waals surface area contributed by atoms with Crippen molar-refractivity contribution in [1.29, 1.82) is 0 Å². The lowest BCUT2D eigenvalue weighted by atomic mass is 10.00. The van der Waals surface area contributed by atoms with Crippen molar-refractivity contribution in [3.05, 3.63) is 18.3 Å². The van der Waals surface area contributed by atoms with Crippen molar-refractivity contribution in [2.45, 2.75) is 48.2 Å². The first-order valence-electron chi connectivity index (χ1n) is 7.07. The van der Waals surface area contributed by atoms with Crippen LogP contribution in [0, 0.1) is 0 Å². The summed E-state index contributed by atoms with van der Waals surface area (Å²) in [7, 11) is -7.18. The summed E-state index contributed by atoms with van der Waals surface area (Å²) in [4.78, 5) is 3.75. The number of hydrogen-bond donors (Lipinski definition) is 1. The lowest BCUT2D eigenvalue weighted by Crippen LogP contribution is -2.51. The second-order valence-corrected chi connectivity index (χ2v) is 9.50. The number of nitrogens with zero attached hydrogens (tertiary/aromatic N) is 2. The molecule has 2 N–H and O–H groups in total. The van der Waals surface area contributed by atoms with Gasteiger partial charge < -0.3 is 5.73 Å². The van der Waals surface area contributed by atoms with Gasteiger partial charge in [0, 0.05) is 31.1 Å². The zero-order valence-corrected chi connectivity index (χ0v) is 14.3. The number of sulfonamides is 1. The summed E-state index contributed by atoms with van der Waals surface area (Å²) in [6, 6.07) is 1.99. The molecule has 124 valence electrons. The highest BCUT2D eigenvalue weighted by Crippen LogP contribution is 2.26. The molecule has 2 unspecified atom stereocenters. The number of aromatic nitrogens is 1. The highest BCUT2D eigenvalue weighted by atomic mass is 32.2. The van der Waals surface area contributed by atoms with Crippen LogP contribution < -0.4 is 5.73 Å². The molecule has 0 saturated carbocycles. The van der Waals surface area contributed by atoms with E-state index >= 15 is 0 Å². The van der Waals surface area contributed by atoms with Crippen LogP contribution in [0.2, 0.25) is 0 Å². The predicted molar refractivity (Wildman–Crippen MR) is 82.5 cm³/mol. The molecule has 0 spiro atoms. The second kappa shape index (κ2) is 6.23. The minimum absolute atomic E-state index is 0.00699. The molecule has 1 aliphatic rings. The zero-order chi connectivity index (χ0) is 16.5. The molecule has 1 aromatic rings. The van der Waals surface area contributed by atoms with Gasteiger partial charge in [0.1, 0.15) is 4.90 Å². The smallest absolute Gasteiger partial charge is 0.244 e. The van der Waals surface area contributed by atoms with Gasteiger partial charge in [0.05, 0.1) is 0 Å². The van der Waals surface area contributed by atoms with E-state index in [1.54, 1.807) is 6.92 Å². The number of rotatable bonds is 4. The Morgan fingerprint density at radius 3 is 2.45 bits per heavy atom. The standard InChI is InChI=1S/C13H21N3O4S2/c1-10(14)12-5-3-4-8-16(12)22(19,20)11-6-7-13(15-9-11)21(2,17)18/h6-7,9-10,12H,3-5,8,14H2,1-2H3. The third-order valence-electron chi connectivity index (χ3n) is 3.80. The predicted octanol–water partition coefficient (Wildman–Crippen LogP) is 0.376. The monoisotopic (exact) mass is 347 g/mol. The Morgan fingerprint density at radius 2 is 1.95 bits per heavy atom. The van der Waals surface area contributed by atoms with E-state index in [-0.39, 0.29) is 22.0 Å². The Bertz CT molecular complexity index is 727. The lowest BCUT2D eigenvalue weighted by Gasteiger charge is -2.36. The topological polar surface area (TPSA) is 110 Å². The van der Waals surface area contributed by atoms with Crippen LogP contribution in [0.25, 0.3) is 0 Å². The van der Waals surface area contributed by atoms with E-state index in [2.05, 4.69) is 4.98 Å². The lowest BCUT2D eigenvalue weighted by molar-refractivity contribution is 0.227. The maximum absolute atomic E-state index is 12.7. The van der Waals surface area contributed by atoms with Crippen LogP contribution in [0.4, 0.5) is 0 Å². The second-order valence-electron chi connectivity index (χ2n) is 5.64. The fourth-order valence-electron chi connectivity index (χ4n) is 2.63. The number of piperidine rings is 1. The van der Waals surface area contributed by atoms with Gasteiger partial charge in [0.15, 0.2) is 14.9 Å². The van der Waals surface area contributed by atoms with Crippen molar-refractivity contribution in [2.75, 3.05) is 12.8 Å². The minimum Gasteiger partial charge on any atom is -0.326 e. The van der Waals surface area contributed by atoms with Gasteiger partial charge in [0.25, 0.3) is 0 Å². The fourth-order valence-corrected chi connectivity index (χ4v) is 4.91. The van der Waals surface area contributed by atoms with Crippen LogP contribution in [0.5, 0.6) is 0 Å². The zero-order valence-electron chi connectivity index (χ0n) is 12.6. The normalized spacial score (nSPS) is 22.4. The summed E-state index contributed by atoms with van der Waals surface area (Å²) in [5.41, 5.74) is 5.91. The van der Waals surface area contributed by atoms with Gasteiger partial charge in [-0.2, -0.15) is 4.31 Å². The van der Waals surface area contributed by atoms with Gasteiger partial charge in [-0.3, -0.25) is 0 Å². The number of hydrogen-bond acceptors (Lipinski definition) is 6. The molecule has 0 amide bonds. The first-order chi connectivity index (χ1) is 10.1. The average Bonchev–Trinajstić information content (AvgIpc) is 2.46. The van der Waals surface area contributed by atoms with Gasteiger partial charge in [0.2, 0.25) is 10.0 Å². The van der Waals surface area contributed by atoms with Crippen LogP contribution >= 0.6 is 0 Å². The van der Waals surface area contributed by atoms with Gasteiger partial charge in [-0.25, -0.2) is 21.8 Å². The molecule has 7 nitrogen and oxygen atoms in total. The Hall–Kier alpha value is -1.03. The van der Waals surface area contributed by atoms with Crippen molar-refractivity contribution < 1.29 is 16.8 Å². The van der Waals surface area contributed by atoms with Crippen molar-refractivity contribution in [3.8, 4) is 0 Å². The molecule has 0 radical (unpaired) electrons. The summed E-state index contributed by atoms with van der Waals surface area (Å²) in [5.74, 6) is 0. The molecule has 0 aliphatic carbocycles. The van der Waals surface area contributed by atoms with Crippen molar-refractivity contribution in [1.82, 2.24) is 9.29 Å². The van der Waals surface area contributed by atoms with Crippen LogP contribution in [0.3, 0.4) is 0 Å². The molecule has 2 atom stereocenters. The Morgan fingerprint density at radius 1 is 1.27 bits per heavy atom. The van der Waals surface area contributed by atoms with E-state index in [4.69, 9.17) is 5.73 Å². The molecule has 0 aromatic carbocycles. The highest BCUT2D eigenvalue weighted by Gasteiger charge is 2.35. The van der Waals surface area contributed by atoms with E-state index in [1.807, 2.05) is 0 Å². The molecular weight excluding hydrogens is 326 g/mol. The molecule has 2 rings (SSSR count). The largest absolute Gasteiger partial charge is 0.326 e. The first-order valence-corrected chi connectivity index (χ1v) is 10.4. The van der Waals surface area contributed by atoms with Crippen LogP contribution in [-0.2, 0) is 19.9 Å². The van der Waals surface area contributed by atoms with E-state index in [0.29, 0.717) is 6.54 Å². The molecule has 2 heterocycles. The van der Waals surface area contributed by atoms with Gasteiger partial charge >= 0.3 is 0 Å². The molecule has 1 aliphatic heterocycles.